The zero-order valence-corrected chi connectivity index (χ0v) is 15.2. The minimum Gasteiger partial charge on any atom is -0.294 e. The molecule has 0 heterocycles. The van der Waals surface area contributed by atoms with Crippen molar-refractivity contribution in [3.63, 3.8) is 0 Å². The minimum absolute atomic E-state index is 0.109. The molecule has 0 spiro atoms. The van der Waals surface area contributed by atoms with Gasteiger partial charge in [0, 0.05) is 11.1 Å². The van der Waals surface area contributed by atoms with Crippen LogP contribution in [0.4, 0.5) is 13.2 Å². The monoisotopic (exact) mass is 392 g/mol. The summed E-state index contributed by atoms with van der Waals surface area (Å²) in [6.07, 6.45) is -6.24. The Labute approximate surface area is 164 Å². The van der Waals surface area contributed by atoms with E-state index in [1.54, 1.807) is 6.07 Å². The second-order valence-electron chi connectivity index (χ2n) is 6.76. The van der Waals surface area contributed by atoms with E-state index in [-0.39, 0.29) is 5.56 Å². The lowest BCUT2D eigenvalue weighted by atomic mass is 9.88. The average molecular weight is 392 g/mol. The van der Waals surface area contributed by atoms with Crippen LogP contribution < -0.4 is 0 Å². The van der Waals surface area contributed by atoms with Crippen molar-refractivity contribution in [3.05, 3.63) is 84.4 Å². The van der Waals surface area contributed by atoms with Gasteiger partial charge in [-0.15, -0.1) is 0 Å². The molecule has 29 heavy (non-hydrogen) atoms. The number of carbonyl (C=O) groups is 2. The van der Waals surface area contributed by atoms with Crippen molar-refractivity contribution in [3.8, 4) is 11.1 Å². The molecule has 0 radical (unpaired) electrons. The number of halogens is 3. The molecule has 0 amide bonds. The molecule has 0 N–H and O–H groups in total. The van der Waals surface area contributed by atoms with E-state index in [2.05, 4.69) is 0 Å². The molecule has 0 aliphatic heterocycles. The fourth-order valence-corrected chi connectivity index (χ4v) is 3.58. The summed E-state index contributed by atoms with van der Waals surface area (Å²) < 4.78 is 38.1. The number of hydrogen-bond acceptors (Lipinski definition) is 2. The number of benzene rings is 4. The van der Waals surface area contributed by atoms with Crippen molar-refractivity contribution in [2.24, 2.45) is 0 Å². The van der Waals surface area contributed by atoms with Gasteiger partial charge in [-0.1, -0.05) is 78.9 Å². The quantitative estimate of drug-likeness (QED) is 0.299. The second kappa shape index (κ2) is 7.17. The molecule has 0 unspecified atom stereocenters. The summed E-state index contributed by atoms with van der Waals surface area (Å²) in [6.45, 7) is 0. The number of Topliss-reactive ketones (excluding diaryl/α,β-unsaturated/α-hetero) is 2. The molecule has 4 aromatic carbocycles. The van der Waals surface area contributed by atoms with Crippen LogP contribution in [0.2, 0.25) is 0 Å². The Hall–Kier alpha value is -3.47. The van der Waals surface area contributed by atoms with Crippen LogP contribution in [0.3, 0.4) is 0 Å². The molecule has 0 aromatic heterocycles. The number of carbonyl (C=O) groups excluding carboxylic acids is 2. The highest BCUT2D eigenvalue weighted by atomic mass is 19.4. The molecule has 2 nitrogen and oxygen atoms in total. The van der Waals surface area contributed by atoms with Crippen LogP contribution in [-0.4, -0.2) is 17.7 Å². The lowest BCUT2D eigenvalue weighted by Gasteiger charge is -2.15. The summed E-state index contributed by atoms with van der Waals surface area (Å²) >= 11 is 0. The highest BCUT2D eigenvalue weighted by Crippen LogP contribution is 2.37. The molecular weight excluding hydrogens is 377 g/mol. The molecule has 4 aromatic rings. The maximum Gasteiger partial charge on any atom is 0.450 e. The average Bonchev–Trinajstić information content (AvgIpc) is 2.71. The first-order valence-corrected chi connectivity index (χ1v) is 8.99. The summed E-state index contributed by atoms with van der Waals surface area (Å²) in [5.41, 5.74) is 1.39. The van der Waals surface area contributed by atoms with E-state index in [1.165, 1.54) is 6.07 Å². The minimum atomic E-state index is -5.04. The van der Waals surface area contributed by atoms with Gasteiger partial charge in [0.2, 0.25) is 5.78 Å². The fraction of sp³-hybridized carbons (Fsp3) is 0.0833. The third-order valence-electron chi connectivity index (χ3n) is 4.93. The van der Waals surface area contributed by atoms with Gasteiger partial charge in [0.05, 0.1) is 6.42 Å². The van der Waals surface area contributed by atoms with Crippen molar-refractivity contribution in [1.82, 2.24) is 0 Å². The zero-order valence-electron chi connectivity index (χ0n) is 15.2. The molecule has 144 valence electrons. The van der Waals surface area contributed by atoms with Crippen molar-refractivity contribution in [1.29, 1.82) is 0 Å². The summed E-state index contributed by atoms with van der Waals surface area (Å²) in [7, 11) is 0. The maximum atomic E-state index is 12.8. The predicted octanol–water partition coefficient (Wildman–Crippen LogP) is 6.36. The number of hydrogen-bond donors (Lipinski definition) is 0. The molecule has 0 bridgehead atoms. The summed E-state index contributed by atoms with van der Waals surface area (Å²) in [6, 6.07) is 23.8. The molecule has 0 aliphatic rings. The maximum absolute atomic E-state index is 12.8. The normalized spacial score (nSPS) is 11.7. The van der Waals surface area contributed by atoms with Gasteiger partial charge in [-0.2, -0.15) is 13.2 Å². The van der Waals surface area contributed by atoms with E-state index in [0.717, 1.165) is 27.1 Å². The lowest BCUT2D eigenvalue weighted by Crippen LogP contribution is -2.25. The van der Waals surface area contributed by atoms with Gasteiger partial charge in [-0.05, 0) is 27.1 Å². The van der Waals surface area contributed by atoms with Crippen LogP contribution in [0.15, 0.2) is 78.9 Å². The van der Waals surface area contributed by atoms with Crippen molar-refractivity contribution in [2.75, 3.05) is 0 Å². The second-order valence-corrected chi connectivity index (χ2v) is 6.76. The summed E-state index contributed by atoms with van der Waals surface area (Å²) in [5.74, 6) is -2.89. The first-order chi connectivity index (χ1) is 13.9. The van der Waals surface area contributed by atoms with Crippen LogP contribution in [0.1, 0.15) is 16.8 Å². The van der Waals surface area contributed by atoms with E-state index in [9.17, 15) is 22.8 Å². The van der Waals surface area contributed by atoms with Gasteiger partial charge in [0.15, 0.2) is 5.78 Å². The zero-order chi connectivity index (χ0) is 20.6. The molecular formula is C24H15F3O2. The number of ketones is 2. The number of rotatable bonds is 4. The Morgan fingerprint density at radius 2 is 1.28 bits per heavy atom. The molecule has 4 rings (SSSR count). The topological polar surface area (TPSA) is 34.1 Å². The van der Waals surface area contributed by atoms with E-state index >= 15 is 0 Å². The first-order valence-electron chi connectivity index (χ1n) is 8.99. The third kappa shape index (κ3) is 3.51. The van der Waals surface area contributed by atoms with Crippen molar-refractivity contribution >= 4 is 33.1 Å². The van der Waals surface area contributed by atoms with Gasteiger partial charge >= 0.3 is 6.18 Å². The van der Waals surface area contributed by atoms with Crippen molar-refractivity contribution in [2.45, 2.75) is 12.6 Å². The standard InChI is InChI=1S/C24H15F3O2/c25-24(26,27)22(29)14-21(28)20-13-12-16-7-2-4-10-18(16)23(20)19-11-5-8-15-6-1-3-9-17(15)19/h1-13H,14H2. The third-order valence-corrected chi connectivity index (χ3v) is 4.93. The molecule has 0 saturated heterocycles. The molecule has 0 aliphatic carbocycles. The summed E-state index contributed by atoms with van der Waals surface area (Å²) in [4.78, 5) is 24.2. The number of fused-ring (bicyclic) bond motifs is 2. The largest absolute Gasteiger partial charge is 0.450 e. The Morgan fingerprint density at radius 3 is 1.97 bits per heavy atom. The smallest absolute Gasteiger partial charge is 0.294 e. The lowest BCUT2D eigenvalue weighted by molar-refractivity contribution is -0.170. The SMILES string of the molecule is O=C(CC(=O)C(F)(F)F)c1ccc2ccccc2c1-c1cccc2ccccc12. The van der Waals surface area contributed by atoms with Crippen LogP contribution in [0, 0.1) is 0 Å². The fourth-order valence-electron chi connectivity index (χ4n) is 3.58. The van der Waals surface area contributed by atoms with Gasteiger partial charge < -0.3 is 0 Å². The Balaban J connectivity index is 1.98. The van der Waals surface area contributed by atoms with Gasteiger partial charge in [0.1, 0.15) is 0 Å². The highest BCUT2D eigenvalue weighted by Gasteiger charge is 2.39. The highest BCUT2D eigenvalue weighted by molar-refractivity contribution is 6.18. The Morgan fingerprint density at radius 1 is 0.690 bits per heavy atom. The molecule has 5 heteroatoms. The molecule has 0 saturated carbocycles. The predicted molar refractivity (Wildman–Crippen MR) is 107 cm³/mol. The van der Waals surface area contributed by atoms with Gasteiger partial charge in [-0.3, -0.25) is 9.59 Å². The van der Waals surface area contributed by atoms with Crippen molar-refractivity contribution < 1.29 is 22.8 Å². The summed E-state index contributed by atoms with van der Waals surface area (Å²) in [5, 5.41) is 3.42. The molecule has 0 atom stereocenters. The van der Waals surface area contributed by atoms with Crippen LogP contribution in [-0.2, 0) is 4.79 Å². The van der Waals surface area contributed by atoms with E-state index < -0.39 is 24.2 Å². The van der Waals surface area contributed by atoms with Crippen LogP contribution in [0.5, 0.6) is 0 Å². The first kappa shape index (κ1) is 18.9. The van der Waals surface area contributed by atoms with Crippen LogP contribution in [0.25, 0.3) is 32.7 Å². The Bertz CT molecular complexity index is 1250. The number of alkyl halides is 3. The Kier molecular flexibility index (Phi) is 4.66. The van der Waals surface area contributed by atoms with E-state index in [1.807, 2.05) is 66.7 Å². The van der Waals surface area contributed by atoms with Gasteiger partial charge in [-0.25, -0.2) is 0 Å². The van der Waals surface area contributed by atoms with E-state index in [4.69, 9.17) is 0 Å². The molecule has 0 fully saturated rings. The van der Waals surface area contributed by atoms with Gasteiger partial charge in [0.25, 0.3) is 0 Å². The van der Waals surface area contributed by atoms with Crippen LogP contribution >= 0.6 is 0 Å². The van der Waals surface area contributed by atoms with E-state index in [0.29, 0.717) is 5.56 Å².